The maximum Gasteiger partial charge on any atom is 0.317 e. The highest BCUT2D eigenvalue weighted by Gasteiger charge is 2.55. The summed E-state index contributed by atoms with van der Waals surface area (Å²) in [4.78, 5) is 48.3. The van der Waals surface area contributed by atoms with E-state index in [1.54, 1.807) is 0 Å². The molecule has 1 aliphatic heterocycles. The third-order valence-corrected chi connectivity index (χ3v) is 3.02. The number of rotatable bonds is 6. The molecule has 0 aromatic heterocycles. The van der Waals surface area contributed by atoms with E-state index >= 15 is 0 Å². The zero-order valence-corrected chi connectivity index (χ0v) is 13.9. The first-order chi connectivity index (χ1) is 11.7. The van der Waals surface area contributed by atoms with Crippen molar-refractivity contribution >= 4 is 23.9 Å². The molecule has 138 valence electrons. The van der Waals surface area contributed by atoms with Gasteiger partial charge in [-0.1, -0.05) is 5.11 Å². The van der Waals surface area contributed by atoms with E-state index in [-0.39, 0.29) is 0 Å². The van der Waals surface area contributed by atoms with Gasteiger partial charge in [-0.3, -0.25) is 19.2 Å². The van der Waals surface area contributed by atoms with Crippen LogP contribution >= 0.6 is 0 Å². The van der Waals surface area contributed by atoms with Crippen LogP contribution in [0.1, 0.15) is 20.8 Å². The van der Waals surface area contributed by atoms with Crippen LogP contribution < -0.4 is 0 Å². The number of methoxy groups -OCH3 is 1. The number of hydrogen-bond donors (Lipinski definition) is 0. The number of esters is 4. The predicted octanol–water partition coefficient (Wildman–Crippen LogP) is -0.0103. The molecule has 1 rings (SSSR count). The average molecular weight is 359 g/mol. The summed E-state index contributed by atoms with van der Waals surface area (Å²) in [5, 5.41) is 3.27. The van der Waals surface area contributed by atoms with Crippen LogP contribution in [0.15, 0.2) is 5.11 Å². The number of carbonyl (C=O) groups is 4. The largest absolute Gasteiger partial charge is 0.469 e. The SMILES string of the molecule is COC(=O)[C@@H](N=[N+]=[N-])[C@H]1OC(OC(C)=O)[C@H](OC(C)=O)[C@@H]1OC(C)=O. The van der Waals surface area contributed by atoms with Crippen LogP contribution in [0.5, 0.6) is 0 Å². The molecule has 1 saturated heterocycles. The lowest BCUT2D eigenvalue weighted by atomic mass is 10.0. The van der Waals surface area contributed by atoms with Gasteiger partial charge < -0.3 is 23.7 Å². The molecule has 0 N–H and O–H groups in total. The fourth-order valence-corrected chi connectivity index (χ4v) is 2.23. The van der Waals surface area contributed by atoms with Gasteiger partial charge in [0.2, 0.25) is 12.4 Å². The number of nitrogens with zero attached hydrogens (tertiary/aromatic N) is 3. The average Bonchev–Trinajstić information content (AvgIpc) is 2.80. The fourth-order valence-electron chi connectivity index (χ4n) is 2.23. The summed E-state index contributed by atoms with van der Waals surface area (Å²) >= 11 is 0. The topological polar surface area (TPSA) is 163 Å². The molecule has 12 nitrogen and oxygen atoms in total. The first-order valence-electron chi connectivity index (χ1n) is 7.00. The second kappa shape index (κ2) is 8.85. The molecule has 5 atom stereocenters. The fraction of sp³-hybridized carbons (Fsp3) is 0.692. The Kier molecular flexibility index (Phi) is 7.15. The monoisotopic (exact) mass is 359 g/mol. The molecule has 12 heteroatoms. The molecule has 1 unspecified atom stereocenters. The Hall–Kier alpha value is -2.85. The molecule has 0 spiro atoms. The Morgan fingerprint density at radius 3 is 1.96 bits per heavy atom. The van der Waals surface area contributed by atoms with Crippen molar-refractivity contribution in [1.29, 1.82) is 0 Å². The highest BCUT2D eigenvalue weighted by molar-refractivity contribution is 5.77. The summed E-state index contributed by atoms with van der Waals surface area (Å²) < 4.78 is 24.8. The summed E-state index contributed by atoms with van der Waals surface area (Å²) in [6.45, 7) is 3.23. The van der Waals surface area contributed by atoms with Crippen molar-refractivity contribution in [3.63, 3.8) is 0 Å². The van der Waals surface area contributed by atoms with Gasteiger partial charge >= 0.3 is 23.9 Å². The molecule has 0 bridgehead atoms. The van der Waals surface area contributed by atoms with Crippen LogP contribution in [0.25, 0.3) is 10.4 Å². The van der Waals surface area contributed by atoms with Crippen molar-refractivity contribution in [3.8, 4) is 0 Å². The third kappa shape index (κ3) is 5.33. The molecule has 0 saturated carbocycles. The molecule has 0 aliphatic carbocycles. The van der Waals surface area contributed by atoms with Crippen LogP contribution in [-0.2, 0) is 42.9 Å². The standard InChI is InChI=1S/C13H17N3O9/c1-5(17)22-10-9(8(15-16-14)12(20)21-4)25-13(24-7(3)19)11(10)23-6(2)18/h8-11,13H,1-4H3/t8-,9+,10+,11+,13?/m0/s1. The van der Waals surface area contributed by atoms with Gasteiger partial charge in [-0.15, -0.1) is 0 Å². The minimum absolute atomic E-state index is 0.775. The molecule has 0 aromatic carbocycles. The van der Waals surface area contributed by atoms with E-state index in [1.165, 1.54) is 0 Å². The lowest BCUT2D eigenvalue weighted by Crippen LogP contribution is -2.46. The summed E-state index contributed by atoms with van der Waals surface area (Å²) in [5.41, 5.74) is 8.65. The van der Waals surface area contributed by atoms with Crippen molar-refractivity contribution in [2.75, 3.05) is 7.11 Å². The lowest BCUT2D eigenvalue weighted by molar-refractivity contribution is -0.196. The van der Waals surface area contributed by atoms with Gasteiger partial charge in [0, 0.05) is 25.7 Å². The van der Waals surface area contributed by atoms with Gasteiger partial charge in [0.15, 0.2) is 12.1 Å². The Balaban J connectivity index is 3.28. The van der Waals surface area contributed by atoms with Crippen LogP contribution in [0.2, 0.25) is 0 Å². The molecule has 1 heterocycles. The van der Waals surface area contributed by atoms with Crippen molar-refractivity contribution in [2.45, 2.75) is 51.4 Å². The summed E-state index contributed by atoms with van der Waals surface area (Å²) in [6, 6.07) is -1.57. The van der Waals surface area contributed by atoms with E-state index in [0.717, 1.165) is 27.9 Å². The minimum Gasteiger partial charge on any atom is -0.469 e. The molecule has 1 fully saturated rings. The smallest absolute Gasteiger partial charge is 0.317 e. The van der Waals surface area contributed by atoms with Crippen molar-refractivity contribution in [3.05, 3.63) is 10.4 Å². The molecule has 0 radical (unpaired) electrons. The van der Waals surface area contributed by atoms with Gasteiger partial charge in [-0.25, -0.2) is 0 Å². The molecule has 25 heavy (non-hydrogen) atoms. The predicted molar refractivity (Wildman–Crippen MR) is 76.5 cm³/mol. The van der Waals surface area contributed by atoms with Gasteiger partial charge in [0.25, 0.3) is 0 Å². The molecular formula is C13H17N3O9. The molecule has 0 amide bonds. The van der Waals surface area contributed by atoms with E-state index < -0.39 is 54.5 Å². The van der Waals surface area contributed by atoms with Gasteiger partial charge in [0.1, 0.15) is 6.10 Å². The normalized spacial score (nSPS) is 25.9. The lowest BCUT2D eigenvalue weighted by Gasteiger charge is -2.24. The van der Waals surface area contributed by atoms with Crippen LogP contribution in [0, 0.1) is 0 Å². The Labute approximate surface area is 141 Å². The van der Waals surface area contributed by atoms with E-state index in [2.05, 4.69) is 14.8 Å². The molecule has 0 aromatic rings. The molecular weight excluding hydrogens is 342 g/mol. The van der Waals surface area contributed by atoms with Gasteiger partial charge in [-0.05, 0) is 5.53 Å². The summed E-state index contributed by atoms with van der Waals surface area (Å²) in [7, 11) is 1.05. The molecule has 1 aliphatic rings. The highest BCUT2D eigenvalue weighted by Crippen LogP contribution is 2.31. The van der Waals surface area contributed by atoms with Crippen molar-refractivity contribution < 1.29 is 42.9 Å². The summed E-state index contributed by atoms with van der Waals surface area (Å²) in [5.74, 6) is -3.32. The van der Waals surface area contributed by atoms with Crippen molar-refractivity contribution in [1.82, 2.24) is 0 Å². The maximum absolute atomic E-state index is 11.9. The third-order valence-electron chi connectivity index (χ3n) is 3.02. The van der Waals surface area contributed by atoms with E-state index in [1.807, 2.05) is 0 Å². The van der Waals surface area contributed by atoms with Gasteiger partial charge in [0.05, 0.1) is 7.11 Å². The first kappa shape index (κ1) is 20.2. The van der Waals surface area contributed by atoms with E-state index in [0.29, 0.717) is 0 Å². The number of azide groups is 1. The van der Waals surface area contributed by atoms with Crippen molar-refractivity contribution in [2.24, 2.45) is 5.11 Å². The Morgan fingerprint density at radius 2 is 1.52 bits per heavy atom. The number of ether oxygens (including phenoxy) is 5. The van der Waals surface area contributed by atoms with E-state index in [9.17, 15) is 19.2 Å². The van der Waals surface area contributed by atoms with Crippen LogP contribution in [0.3, 0.4) is 0 Å². The minimum atomic E-state index is -1.57. The quantitative estimate of drug-likeness (QED) is 0.208. The number of carbonyl (C=O) groups excluding carboxylic acids is 4. The van der Waals surface area contributed by atoms with E-state index in [4.69, 9.17) is 24.5 Å². The second-order valence-corrected chi connectivity index (χ2v) is 4.90. The Bertz CT molecular complexity index is 602. The highest BCUT2D eigenvalue weighted by atomic mass is 16.7. The number of hydrogen-bond acceptors (Lipinski definition) is 10. The van der Waals surface area contributed by atoms with Gasteiger partial charge in [-0.2, -0.15) is 0 Å². The maximum atomic E-state index is 11.9. The van der Waals surface area contributed by atoms with Crippen LogP contribution in [-0.4, -0.2) is 61.6 Å². The van der Waals surface area contributed by atoms with Crippen LogP contribution in [0.4, 0.5) is 0 Å². The summed E-state index contributed by atoms with van der Waals surface area (Å²) in [6.07, 6.45) is -5.62. The zero-order chi connectivity index (χ0) is 19.1. The Morgan fingerprint density at radius 1 is 1.00 bits per heavy atom. The zero-order valence-electron chi connectivity index (χ0n) is 13.9. The second-order valence-electron chi connectivity index (χ2n) is 4.90. The first-order valence-corrected chi connectivity index (χ1v) is 7.00.